The molecule has 4 aromatic carbocycles. The summed E-state index contributed by atoms with van der Waals surface area (Å²) in [6.45, 7) is 12.9. The molecule has 0 saturated heterocycles. The summed E-state index contributed by atoms with van der Waals surface area (Å²) >= 11 is 0. The molecule has 0 aromatic heterocycles. The van der Waals surface area contributed by atoms with E-state index in [0.717, 1.165) is 33.8 Å². The fraction of sp³-hybridized carbons (Fsp3) is 0.381. The van der Waals surface area contributed by atoms with Crippen molar-refractivity contribution in [2.45, 2.75) is 90.9 Å². The summed E-state index contributed by atoms with van der Waals surface area (Å²) in [5, 5.41) is 9.53. The molecule has 51 heavy (non-hydrogen) atoms. The summed E-state index contributed by atoms with van der Waals surface area (Å²) in [6, 6.07) is 35.2. The second kappa shape index (κ2) is 18.8. The fourth-order valence-electron chi connectivity index (χ4n) is 5.22. The van der Waals surface area contributed by atoms with Crippen molar-refractivity contribution in [3.8, 4) is 11.5 Å². The Hall–Kier alpha value is -5.02. The summed E-state index contributed by atoms with van der Waals surface area (Å²) in [4.78, 5) is 25.7. The topological polar surface area (TPSA) is 107 Å². The molecule has 0 aliphatic rings. The lowest BCUT2D eigenvalue weighted by Crippen LogP contribution is -2.49. The van der Waals surface area contributed by atoms with Crippen LogP contribution in [0.2, 0.25) is 0 Å². The van der Waals surface area contributed by atoms with Crippen molar-refractivity contribution in [2.24, 2.45) is 0 Å². The molecular formula is C42H53N3O6. The summed E-state index contributed by atoms with van der Waals surface area (Å²) in [6.07, 6.45) is 0.129. The predicted molar refractivity (Wildman–Crippen MR) is 201 cm³/mol. The van der Waals surface area contributed by atoms with Crippen LogP contribution in [-0.2, 0) is 35.5 Å². The molecule has 0 fully saturated rings. The summed E-state index contributed by atoms with van der Waals surface area (Å²) in [5.41, 5.74) is 2.98. The molecule has 0 heterocycles. The van der Waals surface area contributed by atoms with Gasteiger partial charge in [-0.05, 0) is 101 Å². The SMILES string of the molecule is CC(C)(C)OC(=O)NC(CNC[C@H](Cc1ccc(OCc2ccccc2)cc1)NC(=O)OC(C)(C)C)Cc1ccc(OCc2ccccc2)cc1. The Labute approximate surface area is 303 Å². The second-order valence-corrected chi connectivity index (χ2v) is 14.6. The normalized spacial score (nSPS) is 12.7. The van der Waals surface area contributed by atoms with Gasteiger partial charge in [0.05, 0.1) is 0 Å². The van der Waals surface area contributed by atoms with Crippen molar-refractivity contribution < 1.29 is 28.5 Å². The predicted octanol–water partition coefficient (Wildman–Crippen LogP) is 8.01. The molecule has 0 aliphatic heterocycles. The Morgan fingerprint density at radius 2 is 0.863 bits per heavy atom. The van der Waals surface area contributed by atoms with Gasteiger partial charge < -0.3 is 34.9 Å². The maximum Gasteiger partial charge on any atom is 0.407 e. The number of alkyl carbamates (subject to hydrolysis) is 2. The van der Waals surface area contributed by atoms with Crippen LogP contribution in [0.1, 0.15) is 63.8 Å². The number of ether oxygens (including phenoxy) is 4. The van der Waals surface area contributed by atoms with Crippen molar-refractivity contribution in [3.05, 3.63) is 131 Å². The highest BCUT2D eigenvalue weighted by Crippen LogP contribution is 2.18. The first-order valence-corrected chi connectivity index (χ1v) is 17.5. The van der Waals surface area contributed by atoms with E-state index in [4.69, 9.17) is 18.9 Å². The van der Waals surface area contributed by atoms with Gasteiger partial charge in [-0.25, -0.2) is 9.59 Å². The smallest absolute Gasteiger partial charge is 0.407 e. The van der Waals surface area contributed by atoms with E-state index >= 15 is 0 Å². The summed E-state index contributed by atoms with van der Waals surface area (Å²) in [5.74, 6) is 1.54. The molecule has 9 nitrogen and oxygen atoms in total. The summed E-state index contributed by atoms with van der Waals surface area (Å²) in [7, 11) is 0. The minimum absolute atomic E-state index is 0.292. The van der Waals surface area contributed by atoms with Gasteiger partial charge >= 0.3 is 12.2 Å². The third-order valence-electron chi connectivity index (χ3n) is 7.53. The first kappa shape index (κ1) is 38.8. The molecular weight excluding hydrogens is 642 g/mol. The molecule has 0 spiro atoms. The zero-order valence-electron chi connectivity index (χ0n) is 30.7. The maximum atomic E-state index is 12.8. The minimum Gasteiger partial charge on any atom is -0.489 e. The van der Waals surface area contributed by atoms with E-state index in [0.29, 0.717) is 39.1 Å². The van der Waals surface area contributed by atoms with E-state index in [-0.39, 0.29) is 12.1 Å². The van der Waals surface area contributed by atoms with Gasteiger partial charge in [-0.2, -0.15) is 0 Å². The Balaban J connectivity index is 1.38. The average molecular weight is 696 g/mol. The average Bonchev–Trinajstić information content (AvgIpc) is 3.07. The van der Waals surface area contributed by atoms with Gasteiger partial charge in [-0.15, -0.1) is 0 Å². The highest BCUT2D eigenvalue weighted by Gasteiger charge is 2.22. The van der Waals surface area contributed by atoms with Crippen LogP contribution in [0.3, 0.4) is 0 Å². The quantitative estimate of drug-likeness (QED) is 0.109. The van der Waals surface area contributed by atoms with Gasteiger partial charge in [0, 0.05) is 25.2 Å². The van der Waals surface area contributed by atoms with Gasteiger partial charge in [-0.3, -0.25) is 0 Å². The van der Waals surface area contributed by atoms with Crippen LogP contribution in [0.4, 0.5) is 9.59 Å². The lowest BCUT2D eigenvalue weighted by Gasteiger charge is -2.26. The van der Waals surface area contributed by atoms with E-state index < -0.39 is 23.4 Å². The molecule has 0 radical (unpaired) electrons. The van der Waals surface area contributed by atoms with Crippen molar-refractivity contribution in [1.82, 2.24) is 16.0 Å². The van der Waals surface area contributed by atoms with Crippen LogP contribution in [0.15, 0.2) is 109 Å². The molecule has 9 heteroatoms. The van der Waals surface area contributed by atoms with E-state index in [2.05, 4.69) is 16.0 Å². The number of nitrogens with one attached hydrogen (secondary N) is 3. The molecule has 3 N–H and O–H groups in total. The van der Waals surface area contributed by atoms with E-state index in [1.165, 1.54) is 0 Å². The van der Waals surface area contributed by atoms with Crippen LogP contribution in [-0.4, -0.2) is 48.6 Å². The number of hydrogen-bond acceptors (Lipinski definition) is 7. The van der Waals surface area contributed by atoms with E-state index in [9.17, 15) is 9.59 Å². The molecule has 1 unspecified atom stereocenters. The Bertz CT molecular complexity index is 1490. The lowest BCUT2D eigenvalue weighted by atomic mass is 10.0. The standard InChI is InChI=1S/C42H53N3O6/c1-41(2,3)50-39(46)44-35(25-31-17-21-37(22-18-31)48-29-33-13-9-7-10-14-33)27-43-28-36(45-40(47)51-42(4,5)6)26-32-19-23-38(24-20-32)49-30-34-15-11-8-12-16-34/h7-24,35-36,43H,25-30H2,1-6H3,(H,44,46)(H,45,47)/t35-,36?/m0/s1. The van der Waals surface area contributed by atoms with E-state index in [1.807, 2.05) is 151 Å². The molecule has 2 atom stereocenters. The Morgan fingerprint density at radius 1 is 0.510 bits per heavy atom. The zero-order valence-corrected chi connectivity index (χ0v) is 30.7. The third-order valence-corrected chi connectivity index (χ3v) is 7.53. The molecule has 0 bridgehead atoms. The number of hydrogen-bond donors (Lipinski definition) is 3. The molecule has 0 aliphatic carbocycles. The number of carbonyl (C=O) groups is 2. The maximum absolute atomic E-state index is 12.8. The molecule has 4 rings (SSSR count). The van der Waals surface area contributed by atoms with Crippen LogP contribution in [0.5, 0.6) is 11.5 Å². The van der Waals surface area contributed by atoms with Crippen LogP contribution in [0, 0.1) is 0 Å². The van der Waals surface area contributed by atoms with Gasteiger partial charge in [0.25, 0.3) is 0 Å². The van der Waals surface area contributed by atoms with Crippen molar-refractivity contribution in [2.75, 3.05) is 13.1 Å². The lowest BCUT2D eigenvalue weighted by molar-refractivity contribution is 0.0498. The molecule has 4 aromatic rings. The number of carbonyl (C=O) groups excluding carboxylic acids is 2. The zero-order chi connectivity index (χ0) is 36.7. The highest BCUT2D eigenvalue weighted by atomic mass is 16.6. The van der Waals surface area contributed by atoms with Gasteiger partial charge in [-0.1, -0.05) is 84.9 Å². The second-order valence-electron chi connectivity index (χ2n) is 14.6. The Morgan fingerprint density at radius 3 is 1.20 bits per heavy atom. The minimum atomic E-state index is -0.635. The first-order valence-electron chi connectivity index (χ1n) is 17.5. The van der Waals surface area contributed by atoms with Crippen LogP contribution in [0.25, 0.3) is 0 Å². The number of rotatable bonds is 16. The summed E-state index contributed by atoms with van der Waals surface area (Å²) < 4.78 is 23.1. The van der Waals surface area contributed by atoms with Gasteiger partial charge in [0.15, 0.2) is 0 Å². The van der Waals surface area contributed by atoms with Crippen LogP contribution >= 0.6 is 0 Å². The highest BCUT2D eigenvalue weighted by molar-refractivity contribution is 5.68. The molecule has 272 valence electrons. The van der Waals surface area contributed by atoms with E-state index in [1.54, 1.807) is 0 Å². The largest absolute Gasteiger partial charge is 0.489 e. The van der Waals surface area contributed by atoms with Crippen LogP contribution < -0.4 is 25.4 Å². The van der Waals surface area contributed by atoms with Crippen molar-refractivity contribution in [1.29, 1.82) is 0 Å². The molecule has 2 amide bonds. The van der Waals surface area contributed by atoms with Crippen molar-refractivity contribution in [3.63, 3.8) is 0 Å². The van der Waals surface area contributed by atoms with Gasteiger partial charge in [0.1, 0.15) is 35.9 Å². The number of benzene rings is 4. The number of amides is 2. The fourth-order valence-corrected chi connectivity index (χ4v) is 5.22. The van der Waals surface area contributed by atoms with Gasteiger partial charge in [0.2, 0.25) is 0 Å². The third kappa shape index (κ3) is 15.6. The Kier molecular flexibility index (Phi) is 14.3. The monoisotopic (exact) mass is 695 g/mol. The molecule has 0 saturated carbocycles. The first-order chi connectivity index (χ1) is 24.3. The van der Waals surface area contributed by atoms with Crippen molar-refractivity contribution >= 4 is 12.2 Å².